The van der Waals surface area contributed by atoms with Crippen LogP contribution in [0.15, 0.2) is 24.3 Å². The minimum atomic E-state index is -0.492. The van der Waals surface area contributed by atoms with Crippen molar-refractivity contribution in [2.75, 3.05) is 0 Å². The number of ether oxygens (including phenoxy) is 1. The third kappa shape index (κ3) is 4.44. The van der Waals surface area contributed by atoms with Crippen molar-refractivity contribution in [2.45, 2.75) is 39.5 Å². The van der Waals surface area contributed by atoms with E-state index >= 15 is 0 Å². The van der Waals surface area contributed by atoms with Gasteiger partial charge in [0.15, 0.2) is 0 Å². The fraction of sp³-hybridized carbons (Fsp3) is 0.462. The third-order valence-corrected chi connectivity index (χ3v) is 2.20. The fourth-order valence-electron chi connectivity index (χ4n) is 1.36. The summed E-state index contributed by atoms with van der Waals surface area (Å²) in [5, 5.41) is 2.77. The van der Waals surface area contributed by atoms with Crippen LogP contribution in [-0.2, 0) is 11.3 Å². The Hall–Kier alpha value is -1.55. The molecule has 0 bridgehead atoms. The molecule has 0 aromatic heterocycles. The van der Waals surface area contributed by atoms with Gasteiger partial charge in [0.25, 0.3) is 0 Å². The van der Waals surface area contributed by atoms with E-state index < -0.39 is 6.04 Å². The first-order chi connectivity index (χ1) is 8.00. The van der Waals surface area contributed by atoms with Crippen LogP contribution in [0.1, 0.15) is 26.3 Å². The van der Waals surface area contributed by atoms with Crippen LogP contribution in [0.25, 0.3) is 0 Å². The third-order valence-electron chi connectivity index (χ3n) is 2.20. The SMILES string of the molecule is CC(C)Oc1ccccc1CNC(=O)[C@H](C)N. The molecular formula is C13H20N2O2. The van der Waals surface area contributed by atoms with Crippen LogP contribution in [0.4, 0.5) is 0 Å². The molecule has 3 N–H and O–H groups in total. The standard InChI is InChI=1S/C13H20N2O2/c1-9(2)17-12-7-5-4-6-11(12)8-15-13(16)10(3)14/h4-7,9-10H,8,14H2,1-3H3,(H,15,16)/t10-/m0/s1. The Morgan fingerprint density at radius 1 is 1.35 bits per heavy atom. The molecule has 0 heterocycles. The Kier molecular flexibility index (Phi) is 4.97. The predicted octanol–water partition coefficient (Wildman–Crippen LogP) is 1.44. The van der Waals surface area contributed by atoms with Crippen LogP contribution in [0.5, 0.6) is 5.75 Å². The van der Waals surface area contributed by atoms with Crippen molar-refractivity contribution in [1.29, 1.82) is 0 Å². The van der Waals surface area contributed by atoms with Crippen LogP contribution >= 0.6 is 0 Å². The number of carbonyl (C=O) groups is 1. The molecule has 1 rings (SSSR count). The van der Waals surface area contributed by atoms with Gasteiger partial charge in [0, 0.05) is 12.1 Å². The highest BCUT2D eigenvalue weighted by atomic mass is 16.5. The molecule has 0 aliphatic carbocycles. The van der Waals surface area contributed by atoms with Crippen LogP contribution in [0.3, 0.4) is 0 Å². The van der Waals surface area contributed by atoms with Gasteiger partial charge in [-0.05, 0) is 26.8 Å². The number of amides is 1. The lowest BCUT2D eigenvalue weighted by atomic mass is 10.2. The summed E-state index contributed by atoms with van der Waals surface area (Å²) in [5.41, 5.74) is 6.43. The second-order valence-electron chi connectivity index (χ2n) is 4.28. The predicted molar refractivity (Wildman–Crippen MR) is 67.7 cm³/mol. The first kappa shape index (κ1) is 13.5. The lowest BCUT2D eigenvalue weighted by Gasteiger charge is -2.15. The maximum Gasteiger partial charge on any atom is 0.236 e. The molecule has 1 aromatic carbocycles. The normalized spacial score (nSPS) is 12.3. The van der Waals surface area contributed by atoms with E-state index in [1.165, 1.54) is 0 Å². The van der Waals surface area contributed by atoms with E-state index in [9.17, 15) is 4.79 Å². The van der Waals surface area contributed by atoms with E-state index in [2.05, 4.69) is 5.32 Å². The van der Waals surface area contributed by atoms with Gasteiger partial charge in [-0.25, -0.2) is 0 Å². The molecule has 0 spiro atoms. The minimum absolute atomic E-state index is 0.111. The zero-order chi connectivity index (χ0) is 12.8. The van der Waals surface area contributed by atoms with Crippen LogP contribution in [-0.4, -0.2) is 18.1 Å². The second kappa shape index (κ2) is 6.25. The highest BCUT2D eigenvalue weighted by Crippen LogP contribution is 2.18. The monoisotopic (exact) mass is 236 g/mol. The van der Waals surface area contributed by atoms with E-state index in [0.717, 1.165) is 11.3 Å². The molecule has 0 saturated heterocycles. The minimum Gasteiger partial charge on any atom is -0.491 e. The van der Waals surface area contributed by atoms with Crippen molar-refractivity contribution in [1.82, 2.24) is 5.32 Å². The molecule has 94 valence electrons. The molecule has 0 radical (unpaired) electrons. The summed E-state index contributed by atoms with van der Waals surface area (Å²) in [5.74, 6) is 0.636. The maximum absolute atomic E-state index is 11.4. The lowest BCUT2D eigenvalue weighted by molar-refractivity contribution is -0.122. The number of para-hydroxylation sites is 1. The summed E-state index contributed by atoms with van der Waals surface area (Å²) in [6.45, 7) is 6.03. The highest BCUT2D eigenvalue weighted by Gasteiger charge is 2.09. The van der Waals surface area contributed by atoms with E-state index in [-0.39, 0.29) is 12.0 Å². The Morgan fingerprint density at radius 3 is 2.59 bits per heavy atom. The number of carbonyl (C=O) groups excluding carboxylic acids is 1. The highest BCUT2D eigenvalue weighted by molar-refractivity contribution is 5.80. The Morgan fingerprint density at radius 2 is 2.00 bits per heavy atom. The average Bonchev–Trinajstić information content (AvgIpc) is 2.26. The number of nitrogens with two attached hydrogens (primary N) is 1. The van der Waals surface area contributed by atoms with Gasteiger partial charge in [0.05, 0.1) is 12.1 Å². The molecular weight excluding hydrogens is 216 g/mol. The van der Waals surface area contributed by atoms with Gasteiger partial charge in [0.2, 0.25) is 5.91 Å². The van der Waals surface area contributed by atoms with Crippen molar-refractivity contribution >= 4 is 5.91 Å². The zero-order valence-electron chi connectivity index (χ0n) is 10.6. The number of hydrogen-bond donors (Lipinski definition) is 2. The van der Waals surface area contributed by atoms with Gasteiger partial charge in [0.1, 0.15) is 5.75 Å². The molecule has 0 unspecified atom stereocenters. The van der Waals surface area contributed by atoms with E-state index in [1.54, 1.807) is 6.92 Å². The maximum atomic E-state index is 11.4. The Balaban J connectivity index is 2.67. The largest absolute Gasteiger partial charge is 0.491 e. The van der Waals surface area contributed by atoms with Gasteiger partial charge < -0.3 is 15.8 Å². The van der Waals surface area contributed by atoms with E-state index in [1.807, 2.05) is 38.1 Å². The fourth-order valence-corrected chi connectivity index (χ4v) is 1.36. The van der Waals surface area contributed by atoms with Gasteiger partial charge >= 0.3 is 0 Å². The second-order valence-corrected chi connectivity index (χ2v) is 4.28. The van der Waals surface area contributed by atoms with Gasteiger partial charge in [-0.2, -0.15) is 0 Å². The van der Waals surface area contributed by atoms with Gasteiger partial charge in [-0.1, -0.05) is 18.2 Å². The van der Waals surface area contributed by atoms with E-state index in [0.29, 0.717) is 6.54 Å². The summed E-state index contributed by atoms with van der Waals surface area (Å²) in [6.07, 6.45) is 0.111. The molecule has 0 saturated carbocycles. The topological polar surface area (TPSA) is 64.3 Å². The Bertz CT molecular complexity index is 375. The van der Waals surface area contributed by atoms with Crippen LogP contribution in [0, 0.1) is 0 Å². The number of hydrogen-bond acceptors (Lipinski definition) is 3. The number of rotatable bonds is 5. The van der Waals surface area contributed by atoms with Gasteiger partial charge in [-0.15, -0.1) is 0 Å². The molecule has 1 atom stereocenters. The molecule has 4 heteroatoms. The molecule has 0 aliphatic heterocycles. The summed E-state index contributed by atoms with van der Waals surface area (Å²) in [6, 6.07) is 7.16. The average molecular weight is 236 g/mol. The van der Waals surface area contributed by atoms with Crippen molar-refractivity contribution in [2.24, 2.45) is 5.73 Å². The summed E-state index contributed by atoms with van der Waals surface area (Å²) < 4.78 is 5.66. The molecule has 17 heavy (non-hydrogen) atoms. The summed E-state index contributed by atoms with van der Waals surface area (Å²) in [4.78, 5) is 11.4. The lowest BCUT2D eigenvalue weighted by Crippen LogP contribution is -2.37. The van der Waals surface area contributed by atoms with Crippen LogP contribution in [0.2, 0.25) is 0 Å². The zero-order valence-corrected chi connectivity index (χ0v) is 10.6. The van der Waals surface area contributed by atoms with Crippen LogP contribution < -0.4 is 15.8 Å². The van der Waals surface area contributed by atoms with Gasteiger partial charge in [-0.3, -0.25) is 4.79 Å². The van der Waals surface area contributed by atoms with Crippen molar-refractivity contribution in [3.63, 3.8) is 0 Å². The molecule has 0 aliphatic rings. The first-order valence-corrected chi connectivity index (χ1v) is 5.78. The van der Waals surface area contributed by atoms with Crippen molar-refractivity contribution in [3.05, 3.63) is 29.8 Å². The summed E-state index contributed by atoms with van der Waals surface area (Å²) >= 11 is 0. The summed E-state index contributed by atoms with van der Waals surface area (Å²) in [7, 11) is 0. The Labute approximate surface area is 102 Å². The number of nitrogens with one attached hydrogen (secondary N) is 1. The quantitative estimate of drug-likeness (QED) is 0.813. The molecule has 4 nitrogen and oxygen atoms in total. The number of benzene rings is 1. The van der Waals surface area contributed by atoms with Crippen molar-refractivity contribution in [3.8, 4) is 5.75 Å². The molecule has 1 amide bonds. The molecule has 1 aromatic rings. The van der Waals surface area contributed by atoms with E-state index in [4.69, 9.17) is 10.5 Å². The molecule has 0 fully saturated rings. The van der Waals surface area contributed by atoms with Crippen molar-refractivity contribution < 1.29 is 9.53 Å². The smallest absolute Gasteiger partial charge is 0.236 e. The first-order valence-electron chi connectivity index (χ1n) is 5.78.